The van der Waals surface area contributed by atoms with Crippen LogP contribution in [0.25, 0.3) is 0 Å². The zero-order chi connectivity index (χ0) is 34.8. The van der Waals surface area contributed by atoms with Crippen LogP contribution in [0.3, 0.4) is 0 Å². The SMILES string of the molecule is COC(=O)C1=NC(CNCCNCCNCc2cc(C#Cc3ccc(OC)cc3)cc(C(=O)OC)n2)=CC(C#CC2C=CC(OC)=CC2)C1. The summed E-state index contributed by atoms with van der Waals surface area (Å²) in [5.74, 6) is 13.5. The zero-order valence-corrected chi connectivity index (χ0v) is 28.4. The van der Waals surface area contributed by atoms with E-state index in [4.69, 9.17) is 18.9 Å². The number of allylic oxidation sites excluding steroid dienone is 4. The molecular weight excluding hydrogens is 622 g/mol. The molecule has 2 heterocycles. The lowest BCUT2D eigenvalue weighted by atomic mass is 9.95. The third-order valence-corrected chi connectivity index (χ3v) is 7.55. The molecule has 256 valence electrons. The van der Waals surface area contributed by atoms with E-state index in [1.54, 1.807) is 20.3 Å². The Kier molecular flexibility index (Phi) is 14.6. The molecule has 0 bridgehead atoms. The minimum absolute atomic E-state index is 0.110. The zero-order valence-electron chi connectivity index (χ0n) is 28.4. The molecule has 2 unspecified atom stereocenters. The summed E-state index contributed by atoms with van der Waals surface area (Å²) < 4.78 is 20.3. The lowest BCUT2D eigenvalue weighted by Crippen LogP contribution is -2.33. The number of aliphatic imine (C=N–C) groups is 1. The van der Waals surface area contributed by atoms with E-state index in [0.717, 1.165) is 42.3 Å². The van der Waals surface area contributed by atoms with Gasteiger partial charge in [-0.15, -0.1) is 0 Å². The van der Waals surface area contributed by atoms with Gasteiger partial charge in [-0.05, 0) is 61.0 Å². The van der Waals surface area contributed by atoms with Crippen molar-refractivity contribution in [3.63, 3.8) is 0 Å². The first-order valence-electron chi connectivity index (χ1n) is 16.1. The van der Waals surface area contributed by atoms with Gasteiger partial charge in [0.15, 0.2) is 0 Å². The van der Waals surface area contributed by atoms with Gasteiger partial charge in [-0.1, -0.05) is 29.8 Å². The van der Waals surface area contributed by atoms with E-state index in [1.165, 1.54) is 14.2 Å². The average molecular weight is 666 g/mol. The van der Waals surface area contributed by atoms with Crippen LogP contribution in [0.2, 0.25) is 0 Å². The quantitative estimate of drug-likeness (QED) is 0.157. The van der Waals surface area contributed by atoms with E-state index in [2.05, 4.69) is 49.6 Å². The second-order valence-corrected chi connectivity index (χ2v) is 11.1. The van der Waals surface area contributed by atoms with Crippen molar-refractivity contribution < 1.29 is 28.5 Å². The Bertz CT molecular complexity index is 1710. The minimum Gasteiger partial charge on any atom is -0.497 e. The minimum atomic E-state index is -0.515. The van der Waals surface area contributed by atoms with Crippen LogP contribution in [-0.4, -0.2) is 83.8 Å². The summed E-state index contributed by atoms with van der Waals surface area (Å²) in [5, 5.41) is 10.1. The highest BCUT2D eigenvalue weighted by Gasteiger charge is 2.21. The second kappa shape index (κ2) is 19.6. The van der Waals surface area contributed by atoms with E-state index in [1.807, 2.05) is 54.6 Å². The summed E-state index contributed by atoms with van der Waals surface area (Å²) in [7, 11) is 5.96. The molecule has 0 saturated heterocycles. The van der Waals surface area contributed by atoms with Gasteiger partial charge in [-0.2, -0.15) is 0 Å². The maximum Gasteiger partial charge on any atom is 0.356 e. The highest BCUT2D eigenvalue weighted by molar-refractivity contribution is 6.37. The van der Waals surface area contributed by atoms with Crippen LogP contribution in [0.15, 0.2) is 77.2 Å². The maximum absolute atomic E-state index is 12.3. The highest BCUT2D eigenvalue weighted by atomic mass is 16.5. The number of hydrogen-bond donors (Lipinski definition) is 3. The van der Waals surface area contributed by atoms with Crippen LogP contribution in [0.5, 0.6) is 5.75 Å². The Hall–Kier alpha value is -5.20. The molecular formula is C38H43N5O6. The van der Waals surface area contributed by atoms with Crippen molar-refractivity contribution in [3.05, 3.63) is 94.7 Å². The second-order valence-electron chi connectivity index (χ2n) is 11.1. The number of carbonyl (C=O) groups is 2. The van der Waals surface area contributed by atoms with E-state index < -0.39 is 11.9 Å². The van der Waals surface area contributed by atoms with E-state index in [0.29, 0.717) is 49.6 Å². The van der Waals surface area contributed by atoms with E-state index in [-0.39, 0.29) is 17.5 Å². The normalized spacial score (nSPS) is 16.4. The number of aromatic nitrogens is 1. The number of methoxy groups -OCH3 is 4. The van der Waals surface area contributed by atoms with Crippen molar-refractivity contribution in [1.29, 1.82) is 0 Å². The van der Waals surface area contributed by atoms with Gasteiger partial charge in [0, 0.05) is 68.7 Å². The maximum atomic E-state index is 12.3. The van der Waals surface area contributed by atoms with Gasteiger partial charge < -0.3 is 34.9 Å². The summed E-state index contributed by atoms with van der Waals surface area (Å²) >= 11 is 0. The molecule has 4 rings (SSSR count). The molecule has 2 atom stereocenters. The predicted octanol–water partition coefficient (Wildman–Crippen LogP) is 3.17. The van der Waals surface area contributed by atoms with Crippen LogP contribution >= 0.6 is 0 Å². The van der Waals surface area contributed by atoms with Crippen molar-refractivity contribution in [2.75, 3.05) is 61.2 Å². The summed E-state index contributed by atoms with van der Waals surface area (Å²) in [4.78, 5) is 33.5. The molecule has 1 aromatic heterocycles. The molecule has 49 heavy (non-hydrogen) atoms. The molecule has 0 saturated carbocycles. The number of carbonyl (C=O) groups excluding carboxylic acids is 2. The fourth-order valence-corrected chi connectivity index (χ4v) is 4.96. The third kappa shape index (κ3) is 12.1. The smallest absolute Gasteiger partial charge is 0.356 e. The molecule has 2 aliphatic rings. The molecule has 1 aromatic carbocycles. The van der Waals surface area contributed by atoms with Gasteiger partial charge in [-0.25, -0.2) is 19.6 Å². The van der Waals surface area contributed by atoms with Crippen LogP contribution in [0, 0.1) is 35.5 Å². The van der Waals surface area contributed by atoms with Gasteiger partial charge >= 0.3 is 11.9 Å². The number of esters is 2. The van der Waals surface area contributed by atoms with Crippen LogP contribution in [0.4, 0.5) is 0 Å². The fourth-order valence-electron chi connectivity index (χ4n) is 4.96. The van der Waals surface area contributed by atoms with Crippen molar-refractivity contribution in [1.82, 2.24) is 20.9 Å². The Morgan fingerprint density at radius 3 is 2.18 bits per heavy atom. The van der Waals surface area contributed by atoms with Gasteiger partial charge in [0.2, 0.25) is 0 Å². The van der Waals surface area contributed by atoms with Gasteiger partial charge in [0.05, 0.1) is 39.8 Å². The van der Waals surface area contributed by atoms with Crippen molar-refractivity contribution in [2.45, 2.75) is 19.4 Å². The van der Waals surface area contributed by atoms with Gasteiger partial charge in [0.25, 0.3) is 0 Å². The third-order valence-electron chi connectivity index (χ3n) is 7.55. The Morgan fingerprint density at radius 1 is 0.816 bits per heavy atom. The number of benzene rings is 1. The number of rotatable bonds is 14. The molecule has 0 fully saturated rings. The average Bonchev–Trinajstić information content (AvgIpc) is 3.15. The monoisotopic (exact) mass is 665 g/mol. The molecule has 0 radical (unpaired) electrons. The van der Waals surface area contributed by atoms with E-state index >= 15 is 0 Å². The number of pyridine rings is 1. The van der Waals surface area contributed by atoms with E-state index in [9.17, 15) is 9.59 Å². The predicted molar refractivity (Wildman–Crippen MR) is 188 cm³/mol. The molecule has 1 aliphatic heterocycles. The molecule has 11 heteroatoms. The fraction of sp³-hybridized carbons (Fsp3) is 0.368. The first-order chi connectivity index (χ1) is 23.9. The molecule has 2 aromatic rings. The topological polar surface area (TPSA) is 132 Å². The number of hydrogen-bond acceptors (Lipinski definition) is 11. The highest BCUT2D eigenvalue weighted by Crippen LogP contribution is 2.20. The largest absolute Gasteiger partial charge is 0.497 e. The summed E-state index contributed by atoms with van der Waals surface area (Å²) in [5.41, 5.74) is 3.54. The van der Waals surface area contributed by atoms with Crippen LogP contribution < -0.4 is 20.7 Å². The Morgan fingerprint density at radius 2 is 1.51 bits per heavy atom. The first kappa shape index (κ1) is 36.6. The Balaban J connectivity index is 1.20. The lowest BCUT2D eigenvalue weighted by molar-refractivity contribution is -0.132. The number of nitrogens with one attached hydrogen (secondary N) is 3. The van der Waals surface area contributed by atoms with Gasteiger partial charge in [-0.3, -0.25) is 0 Å². The molecule has 11 nitrogen and oxygen atoms in total. The van der Waals surface area contributed by atoms with Crippen LogP contribution in [-0.2, 0) is 25.5 Å². The lowest BCUT2D eigenvalue weighted by Gasteiger charge is -2.17. The summed E-state index contributed by atoms with van der Waals surface area (Å²) in [6.07, 6.45) is 9.23. The summed E-state index contributed by atoms with van der Waals surface area (Å²) in [6.45, 7) is 3.82. The van der Waals surface area contributed by atoms with Crippen molar-refractivity contribution in [3.8, 4) is 29.4 Å². The standard InChI is InChI=1S/C38H43N5O6/c1-46-33-13-9-27(10-14-33)5-7-29-21-31(42-35(23-29)37(44)48-3)25-40-19-17-39-18-20-41-26-32-22-30(24-36(43-32)38(45)49-4)8-6-28-11-15-34(47-2)16-12-28/h9-11,13-16,21-23,28,30,39-41H,12,17-20,24-26H2,1-4H3. The Labute approximate surface area is 288 Å². The molecule has 1 aliphatic carbocycles. The molecule has 0 spiro atoms. The molecule has 3 N–H and O–H groups in total. The first-order valence-corrected chi connectivity index (χ1v) is 16.1. The molecule has 0 amide bonds. The number of nitrogens with zero attached hydrogens (tertiary/aromatic N) is 2. The van der Waals surface area contributed by atoms with Gasteiger partial charge in [0.1, 0.15) is 22.9 Å². The van der Waals surface area contributed by atoms with Crippen molar-refractivity contribution >= 4 is 17.7 Å². The summed E-state index contributed by atoms with van der Waals surface area (Å²) in [6, 6.07) is 10.9. The number of ether oxygens (including phenoxy) is 4. The van der Waals surface area contributed by atoms with Crippen LogP contribution in [0.1, 0.15) is 40.2 Å². The van der Waals surface area contributed by atoms with Crippen molar-refractivity contribution in [2.24, 2.45) is 16.8 Å².